The number of aromatic carboxylic acids is 1. The topological polar surface area (TPSA) is 49.3 Å². The first-order valence-electron chi connectivity index (χ1n) is 6.81. The minimum absolute atomic E-state index is 0.327. The molecule has 2 N–H and O–H groups in total. The molecule has 0 saturated carbocycles. The van der Waals surface area contributed by atoms with Crippen LogP contribution < -0.4 is 5.32 Å². The zero-order valence-electron chi connectivity index (χ0n) is 12.3. The largest absolute Gasteiger partial charge is 0.478 e. The molecular formula is C18H19NO2. The van der Waals surface area contributed by atoms with Crippen molar-refractivity contribution < 1.29 is 9.90 Å². The molecule has 0 aromatic heterocycles. The summed E-state index contributed by atoms with van der Waals surface area (Å²) in [6, 6.07) is 13.3. The lowest BCUT2D eigenvalue weighted by molar-refractivity contribution is 0.0696. The van der Waals surface area contributed by atoms with Gasteiger partial charge in [-0.3, -0.25) is 0 Å². The SMILES string of the molecule is C=C(C)Nc1c(C)ccc(C(=O)O)c1Cc1ccccc1. The molecule has 0 amide bonds. The van der Waals surface area contributed by atoms with Crippen molar-refractivity contribution in [3.63, 3.8) is 0 Å². The number of hydrogen-bond acceptors (Lipinski definition) is 2. The molecule has 0 radical (unpaired) electrons. The van der Waals surface area contributed by atoms with Crippen molar-refractivity contribution in [2.75, 3.05) is 5.32 Å². The van der Waals surface area contributed by atoms with Crippen molar-refractivity contribution in [2.45, 2.75) is 20.3 Å². The fourth-order valence-electron chi connectivity index (χ4n) is 2.34. The molecule has 0 atom stereocenters. The molecule has 0 aliphatic carbocycles. The van der Waals surface area contributed by atoms with E-state index in [1.807, 2.05) is 50.2 Å². The van der Waals surface area contributed by atoms with Crippen LogP contribution in [0.5, 0.6) is 0 Å². The van der Waals surface area contributed by atoms with Crippen LogP contribution in [0.4, 0.5) is 5.69 Å². The lowest BCUT2D eigenvalue weighted by atomic mass is 9.95. The highest BCUT2D eigenvalue weighted by Gasteiger charge is 2.16. The van der Waals surface area contributed by atoms with Gasteiger partial charge in [0.15, 0.2) is 0 Å². The van der Waals surface area contributed by atoms with E-state index in [4.69, 9.17) is 0 Å². The van der Waals surface area contributed by atoms with Crippen LogP contribution in [-0.2, 0) is 6.42 Å². The third kappa shape index (κ3) is 3.51. The predicted molar refractivity (Wildman–Crippen MR) is 85.8 cm³/mol. The van der Waals surface area contributed by atoms with Crippen LogP contribution in [0.15, 0.2) is 54.7 Å². The first kappa shape index (κ1) is 14.9. The quantitative estimate of drug-likeness (QED) is 0.862. The zero-order valence-corrected chi connectivity index (χ0v) is 12.3. The van der Waals surface area contributed by atoms with Crippen molar-refractivity contribution in [3.8, 4) is 0 Å². The molecule has 0 bridgehead atoms. The van der Waals surface area contributed by atoms with E-state index in [1.54, 1.807) is 6.07 Å². The van der Waals surface area contributed by atoms with Gasteiger partial charge in [0.05, 0.1) is 5.56 Å². The summed E-state index contributed by atoms with van der Waals surface area (Å²) in [5.41, 5.74) is 4.83. The van der Waals surface area contributed by atoms with Gasteiger partial charge in [-0.2, -0.15) is 0 Å². The van der Waals surface area contributed by atoms with Crippen molar-refractivity contribution in [3.05, 3.63) is 77.0 Å². The smallest absolute Gasteiger partial charge is 0.336 e. The molecule has 0 aliphatic rings. The molecule has 3 nitrogen and oxygen atoms in total. The van der Waals surface area contributed by atoms with Gasteiger partial charge in [-0.25, -0.2) is 4.79 Å². The van der Waals surface area contributed by atoms with Crippen LogP contribution >= 0.6 is 0 Å². The lowest BCUT2D eigenvalue weighted by Crippen LogP contribution is -2.09. The highest BCUT2D eigenvalue weighted by Crippen LogP contribution is 2.28. The first-order valence-corrected chi connectivity index (χ1v) is 6.81. The molecule has 108 valence electrons. The Bertz CT molecular complexity index is 675. The number of carboxylic acid groups (broad SMARTS) is 1. The van der Waals surface area contributed by atoms with Crippen LogP contribution in [0, 0.1) is 6.92 Å². The summed E-state index contributed by atoms with van der Waals surface area (Å²) in [6.45, 7) is 7.68. The standard InChI is InChI=1S/C18H19NO2/c1-12(2)19-17-13(3)9-10-15(18(20)21)16(17)11-14-7-5-4-6-8-14/h4-10,19H,1,11H2,2-3H3,(H,20,21). The molecule has 0 unspecified atom stereocenters. The number of allylic oxidation sites excluding steroid dienone is 1. The minimum atomic E-state index is -0.911. The minimum Gasteiger partial charge on any atom is -0.478 e. The molecular weight excluding hydrogens is 262 g/mol. The van der Waals surface area contributed by atoms with Gasteiger partial charge in [-0.15, -0.1) is 0 Å². The fourth-order valence-corrected chi connectivity index (χ4v) is 2.34. The Morgan fingerprint density at radius 1 is 1.19 bits per heavy atom. The third-order valence-electron chi connectivity index (χ3n) is 3.31. The summed E-state index contributed by atoms with van der Waals surface area (Å²) in [6.07, 6.45) is 0.569. The van der Waals surface area contributed by atoms with E-state index in [2.05, 4.69) is 11.9 Å². The average molecular weight is 281 g/mol. The van der Waals surface area contributed by atoms with E-state index in [1.165, 1.54) is 0 Å². The number of carboxylic acids is 1. The molecule has 2 aromatic carbocycles. The Labute approximate surface area is 124 Å². The van der Waals surface area contributed by atoms with Crippen LogP contribution in [-0.4, -0.2) is 11.1 Å². The number of anilines is 1. The number of nitrogens with one attached hydrogen (secondary N) is 1. The maximum absolute atomic E-state index is 11.5. The molecule has 0 spiro atoms. The second-order valence-corrected chi connectivity index (χ2v) is 5.16. The number of aryl methyl sites for hydroxylation is 1. The molecule has 21 heavy (non-hydrogen) atoms. The molecule has 0 saturated heterocycles. The summed E-state index contributed by atoms with van der Waals surface area (Å²) < 4.78 is 0. The van der Waals surface area contributed by atoms with E-state index in [-0.39, 0.29) is 0 Å². The average Bonchev–Trinajstić information content (AvgIpc) is 2.43. The molecule has 3 heteroatoms. The number of benzene rings is 2. The van der Waals surface area contributed by atoms with Gasteiger partial charge in [0, 0.05) is 17.8 Å². The molecule has 2 rings (SSSR count). The second kappa shape index (κ2) is 6.27. The normalized spacial score (nSPS) is 10.2. The van der Waals surface area contributed by atoms with Crippen molar-refractivity contribution in [1.29, 1.82) is 0 Å². The first-order chi connectivity index (χ1) is 9.99. The van der Waals surface area contributed by atoms with Gasteiger partial charge in [0.1, 0.15) is 0 Å². The number of rotatable bonds is 5. The van der Waals surface area contributed by atoms with Gasteiger partial charge >= 0.3 is 5.97 Å². The van der Waals surface area contributed by atoms with E-state index in [9.17, 15) is 9.90 Å². The summed E-state index contributed by atoms with van der Waals surface area (Å²) in [7, 11) is 0. The van der Waals surface area contributed by atoms with Gasteiger partial charge in [-0.1, -0.05) is 43.0 Å². The Hall–Kier alpha value is -2.55. The van der Waals surface area contributed by atoms with Crippen LogP contribution in [0.1, 0.15) is 34.0 Å². The van der Waals surface area contributed by atoms with Crippen LogP contribution in [0.2, 0.25) is 0 Å². The molecule has 0 heterocycles. The van der Waals surface area contributed by atoms with Crippen molar-refractivity contribution >= 4 is 11.7 Å². The Kier molecular flexibility index (Phi) is 4.43. The van der Waals surface area contributed by atoms with Crippen molar-refractivity contribution in [1.82, 2.24) is 0 Å². The summed E-state index contributed by atoms with van der Waals surface area (Å²) >= 11 is 0. The summed E-state index contributed by atoms with van der Waals surface area (Å²) in [5, 5.41) is 12.6. The highest BCUT2D eigenvalue weighted by atomic mass is 16.4. The maximum atomic E-state index is 11.5. The monoisotopic (exact) mass is 281 g/mol. The number of hydrogen-bond donors (Lipinski definition) is 2. The summed E-state index contributed by atoms with van der Waals surface area (Å²) in [5.74, 6) is -0.911. The van der Waals surface area contributed by atoms with E-state index < -0.39 is 5.97 Å². The van der Waals surface area contributed by atoms with Gasteiger partial charge in [-0.05, 0) is 36.6 Å². The maximum Gasteiger partial charge on any atom is 0.336 e. The van der Waals surface area contributed by atoms with Crippen LogP contribution in [0.25, 0.3) is 0 Å². The van der Waals surface area contributed by atoms with E-state index in [0.29, 0.717) is 12.0 Å². The van der Waals surface area contributed by atoms with E-state index in [0.717, 1.165) is 28.1 Å². The molecule has 0 aliphatic heterocycles. The molecule has 2 aromatic rings. The highest BCUT2D eigenvalue weighted by molar-refractivity contribution is 5.92. The summed E-state index contributed by atoms with van der Waals surface area (Å²) in [4.78, 5) is 11.5. The van der Waals surface area contributed by atoms with Gasteiger partial charge < -0.3 is 10.4 Å². The number of carbonyl (C=O) groups is 1. The van der Waals surface area contributed by atoms with Crippen molar-refractivity contribution in [2.24, 2.45) is 0 Å². The zero-order chi connectivity index (χ0) is 15.4. The predicted octanol–water partition coefficient (Wildman–Crippen LogP) is 4.23. The van der Waals surface area contributed by atoms with Crippen LogP contribution in [0.3, 0.4) is 0 Å². The Morgan fingerprint density at radius 3 is 2.43 bits per heavy atom. The molecule has 0 fully saturated rings. The fraction of sp³-hybridized carbons (Fsp3) is 0.167. The third-order valence-corrected chi connectivity index (χ3v) is 3.31. The second-order valence-electron chi connectivity index (χ2n) is 5.16. The van der Waals surface area contributed by atoms with Gasteiger partial charge in [0.25, 0.3) is 0 Å². The van der Waals surface area contributed by atoms with Gasteiger partial charge in [0.2, 0.25) is 0 Å². The lowest BCUT2D eigenvalue weighted by Gasteiger charge is -2.17. The Morgan fingerprint density at radius 2 is 1.86 bits per heavy atom. The van der Waals surface area contributed by atoms with E-state index >= 15 is 0 Å². The Balaban J connectivity index is 2.55.